The van der Waals surface area contributed by atoms with E-state index in [1.54, 1.807) is 29.8 Å². The van der Waals surface area contributed by atoms with E-state index in [0.717, 1.165) is 5.56 Å². The lowest BCUT2D eigenvalue weighted by Gasteiger charge is -2.18. The molecule has 1 aromatic carbocycles. The molecule has 3 rings (SSSR count). The summed E-state index contributed by atoms with van der Waals surface area (Å²) >= 11 is 1.19. The van der Waals surface area contributed by atoms with Gasteiger partial charge in [0, 0.05) is 6.20 Å². The van der Waals surface area contributed by atoms with Crippen molar-refractivity contribution in [1.82, 2.24) is 9.71 Å². The summed E-state index contributed by atoms with van der Waals surface area (Å²) in [5.41, 5.74) is 1.51. The quantitative estimate of drug-likeness (QED) is 0.781. The van der Waals surface area contributed by atoms with Gasteiger partial charge in [0.1, 0.15) is 4.21 Å². The van der Waals surface area contributed by atoms with Crippen LogP contribution in [0.2, 0.25) is 0 Å². The number of sulfonamides is 1. The van der Waals surface area contributed by atoms with Gasteiger partial charge >= 0.3 is 0 Å². The first-order valence-electron chi connectivity index (χ1n) is 6.68. The van der Waals surface area contributed by atoms with Gasteiger partial charge in [-0.15, -0.1) is 11.3 Å². The molecule has 2 heterocycles. The molecule has 6 heteroatoms. The molecule has 0 saturated carbocycles. The maximum absolute atomic E-state index is 12.5. The van der Waals surface area contributed by atoms with Gasteiger partial charge in [-0.1, -0.05) is 42.5 Å². The van der Waals surface area contributed by atoms with Crippen LogP contribution in [0.1, 0.15) is 17.3 Å². The fourth-order valence-corrected chi connectivity index (χ4v) is 4.33. The second kappa shape index (κ2) is 6.39. The average Bonchev–Trinajstić information content (AvgIpc) is 3.10. The molecule has 1 atom stereocenters. The maximum Gasteiger partial charge on any atom is 0.250 e. The van der Waals surface area contributed by atoms with E-state index in [0.29, 0.717) is 9.90 Å². The predicted molar refractivity (Wildman–Crippen MR) is 87.2 cm³/mol. The number of nitrogens with one attached hydrogen (secondary N) is 1. The highest BCUT2D eigenvalue weighted by molar-refractivity contribution is 7.91. The first kappa shape index (κ1) is 14.9. The molecule has 0 aliphatic heterocycles. The fraction of sp³-hybridized carbons (Fsp3) is 0.0625. The summed E-state index contributed by atoms with van der Waals surface area (Å²) in [6.45, 7) is 0. The summed E-state index contributed by atoms with van der Waals surface area (Å²) in [5.74, 6) is 0. The zero-order valence-corrected chi connectivity index (χ0v) is 13.2. The minimum atomic E-state index is -3.58. The highest BCUT2D eigenvalue weighted by Gasteiger charge is 2.24. The van der Waals surface area contributed by atoms with E-state index >= 15 is 0 Å². The van der Waals surface area contributed by atoms with E-state index in [1.807, 2.05) is 42.5 Å². The van der Waals surface area contributed by atoms with E-state index < -0.39 is 16.1 Å². The molecule has 1 N–H and O–H groups in total. The molecule has 0 amide bonds. The number of thiophene rings is 1. The van der Waals surface area contributed by atoms with Gasteiger partial charge in [0.2, 0.25) is 0 Å². The highest BCUT2D eigenvalue weighted by atomic mass is 32.2. The molecule has 112 valence electrons. The van der Waals surface area contributed by atoms with Crippen LogP contribution in [-0.4, -0.2) is 13.4 Å². The molecule has 3 aromatic rings. The molecule has 0 bridgehead atoms. The number of benzene rings is 1. The Morgan fingerprint density at radius 2 is 1.73 bits per heavy atom. The largest absolute Gasteiger partial charge is 0.259 e. The number of hydrogen-bond acceptors (Lipinski definition) is 4. The second-order valence-corrected chi connectivity index (χ2v) is 7.54. The van der Waals surface area contributed by atoms with Gasteiger partial charge in [0.15, 0.2) is 0 Å². The third-order valence-electron chi connectivity index (χ3n) is 3.15. The Bertz CT molecular complexity index is 778. The van der Waals surface area contributed by atoms with Crippen molar-refractivity contribution >= 4 is 21.4 Å². The van der Waals surface area contributed by atoms with Gasteiger partial charge in [-0.05, 0) is 29.1 Å². The third kappa shape index (κ3) is 3.24. The van der Waals surface area contributed by atoms with Crippen molar-refractivity contribution in [1.29, 1.82) is 0 Å². The smallest absolute Gasteiger partial charge is 0.250 e. The summed E-state index contributed by atoms with van der Waals surface area (Å²) in [6, 6.07) is 17.7. The van der Waals surface area contributed by atoms with Crippen LogP contribution in [0.4, 0.5) is 0 Å². The summed E-state index contributed by atoms with van der Waals surface area (Å²) in [4.78, 5) is 4.30. The topological polar surface area (TPSA) is 59.1 Å². The van der Waals surface area contributed by atoms with Crippen LogP contribution in [0.25, 0.3) is 0 Å². The first-order chi connectivity index (χ1) is 10.7. The van der Waals surface area contributed by atoms with Crippen molar-refractivity contribution in [2.24, 2.45) is 0 Å². The standard InChI is InChI=1S/C16H14N2O2S2/c19-22(20,15-10-6-12-21-15)18-16(13-7-2-1-3-8-13)14-9-4-5-11-17-14/h1-12,16,18H/t16-/m1/s1. The van der Waals surface area contributed by atoms with Crippen LogP contribution in [0, 0.1) is 0 Å². The van der Waals surface area contributed by atoms with Gasteiger partial charge < -0.3 is 0 Å². The fourth-order valence-electron chi connectivity index (χ4n) is 2.12. The van der Waals surface area contributed by atoms with Crippen molar-refractivity contribution in [2.75, 3.05) is 0 Å². The lowest BCUT2D eigenvalue weighted by molar-refractivity contribution is 0.572. The summed E-state index contributed by atoms with van der Waals surface area (Å²) in [7, 11) is -3.58. The molecular weight excluding hydrogens is 316 g/mol. The highest BCUT2D eigenvalue weighted by Crippen LogP contribution is 2.24. The Labute approximate surface area is 133 Å². The number of pyridine rings is 1. The summed E-state index contributed by atoms with van der Waals surface area (Å²) in [5, 5.41) is 1.74. The molecule has 0 radical (unpaired) electrons. The number of nitrogens with zero attached hydrogens (tertiary/aromatic N) is 1. The van der Waals surface area contributed by atoms with Gasteiger partial charge in [-0.2, -0.15) is 4.72 Å². The Balaban J connectivity index is 2.00. The molecule has 2 aromatic heterocycles. The van der Waals surface area contributed by atoms with E-state index in [1.165, 1.54) is 11.3 Å². The van der Waals surface area contributed by atoms with Crippen molar-refractivity contribution in [3.8, 4) is 0 Å². The molecule has 4 nitrogen and oxygen atoms in total. The van der Waals surface area contributed by atoms with Crippen LogP contribution >= 0.6 is 11.3 Å². The van der Waals surface area contributed by atoms with Crippen LogP contribution in [0.5, 0.6) is 0 Å². The lowest BCUT2D eigenvalue weighted by Crippen LogP contribution is -2.29. The van der Waals surface area contributed by atoms with E-state index in [2.05, 4.69) is 9.71 Å². The van der Waals surface area contributed by atoms with E-state index in [-0.39, 0.29) is 0 Å². The Hall–Kier alpha value is -2.02. The Morgan fingerprint density at radius 1 is 0.955 bits per heavy atom. The maximum atomic E-state index is 12.5. The van der Waals surface area contributed by atoms with Crippen LogP contribution in [0.3, 0.4) is 0 Å². The van der Waals surface area contributed by atoms with Crippen LogP contribution in [0.15, 0.2) is 76.4 Å². The molecule has 0 unspecified atom stereocenters. The number of aromatic nitrogens is 1. The van der Waals surface area contributed by atoms with Gasteiger partial charge in [0.05, 0.1) is 11.7 Å². The van der Waals surface area contributed by atoms with Crippen LogP contribution in [-0.2, 0) is 10.0 Å². The van der Waals surface area contributed by atoms with Crippen molar-refractivity contribution < 1.29 is 8.42 Å². The molecule has 0 fully saturated rings. The van der Waals surface area contributed by atoms with E-state index in [9.17, 15) is 8.42 Å². The molecule has 0 aliphatic carbocycles. The second-order valence-electron chi connectivity index (χ2n) is 4.65. The van der Waals surface area contributed by atoms with Gasteiger partial charge in [-0.25, -0.2) is 8.42 Å². The van der Waals surface area contributed by atoms with Crippen molar-refractivity contribution in [3.63, 3.8) is 0 Å². The Morgan fingerprint density at radius 3 is 2.36 bits per heavy atom. The minimum Gasteiger partial charge on any atom is -0.259 e. The summed E-state index contributed by atoms with van der Waals surface area (Å²) in [6.07, 6.45) is 1.66. The van der Waals surface area contributed by atoms with E-state index in [4.69, 9.17) is 0 Å². The van der Waals surface area contributed by atoms with Crippen molar-refractivity contribution in [2.45, 2.75) is 10.3 Å². The van der Waals surface area contributed by atoms with Gasteiger partial charge in [-0.3, -0.25) is 4.98 Å². The zero-order valence-electron chi connectivity index (χ0n) is 11.6. The number of rotatable bonds is 5. The average molecular weight is 330 g/mol. The molecular formula is C16H14N2O2S2. The monoisotopic (exact) mass is 330 g/mol. The SMILES string of the molecule is O=S(=O)(N[C@H](c1ccccc1)c1ccccn1)c1cccs1. The minimum absolute atomic E-state index is 0.296. The van der Waals surface area contributed by atoms with Gasteiger partial charge in [0.25, 0.3) is 10.0 Å². The van der Waals surface area contributed by atoms with Crippen LogP contribution < -0.4 is 4.72 Å². The predicted octanol–water partition coefficient (Wildman–Crippen LogP) is 3.21. The van der Waals surface area contributed by atoms with Crippen molar-refractivity contribution in [3.05, 3.63) is 83.5 Å². The lowest BCUT2D eigenvalue weighted by atomic mass is 10.0. The molecule has 0 saturated heterocycles. The normalized spacial score (nSPS) is 12.9. The molecule has 0 aliphatic rings. The molecule has 22 heavy (non-hydrogen) atoms. The zero-order chi connectivity index (χ0) is 15.4. The first-order valence-corrected chi connectivity index (χ1v) is 9.05. The third-order valence-corrected chi connectivity index (χ3v) is 5.97. The molecule has 0 spiro atoms. The Kier molecular flexibility index (Phi) is 4.33. The summed E-state index contributed by atoms with van der Waals surface area (Å²) < 4.78 is 28.1. The number of hydrogen-bond donors (Lipinski definition) is 1.